The Balaban J connectivity index is 3.71. The van der Waals surface area contributed by atoms with Gasteiger partial charge in [-0.3, -0.25) is 9.59 Å². The van der Waals surface area contributed by atoms with E-state index in [-0.39, 0.29) is 25.2 Å². The maximum Gasteiger partial charge on any atom is 0.306 e. The van der Waals surface area contributed by atoms with E-state index in [4.69, 9.17) is 9.47 Å². The summed E-state index contributed by atoms with van der Waals surface area (Å²) in [6.45, 7) is 3.92. The molecule has 250 valence electrons. The van der Waals surface area contributed by atoms with Crippen LogP contribution in [-0.2, 0) is 19.1 Å². The summed E-state index contributed by atoms with van der Waals surface area (Å²) in [5.74, 6) is -0.665. The van der Waals surface area contributed by atoms with Crippen LogP contribution in [0.2, 0.25) is 0 Å². The maximum atomic E-state index is 12.1. The monoisotopic (exact) mass is 612 g/mol. The number of unbranched alkanes of at least 4 members (excludes halogenated alkanes) is 10. The number of aliphatic hydroxyl groups excluding tert-OH is 1. The van der Waals surface area contributed by atoms with E-state index in [0.717, 1.165) is 83.5 Å². The molecule has 0 aromatic carbocycles. The van der Waals surface area contributed by atoms with Crippen molar-refractivity contribution in [2.24, 2.45) is 0 Å². The maximum absolute atomic E-state index is 12.1. The van der Waals surface area contributed by atoms with Crippen molar-refractivity contribution in [3.8, 4) is 0 Å². The van der Waals surface area contributed by atoms with Crippen LogP contribution in [0.3, 0.4) is 0 Å². The van der Waals surface area contributed by atoms with Gasteiger partial charge in [0.25, 0.3) is 0 Å². The molecule has 0 spiro atoms. The Morgan fingerprint density at radius 2 is 0.977 bits per heavy atom. The van der Waals surface area contributed by atoms with Crippen LogP contribution in [0.15, 0.2) is 72.9 Å². The quantitative estimate of drug-likeness (QED) is 0.0496. The Labute approximate surface area is 270 Å². The Hall–Kier alpha value is -2.66. The van der Waals surface area contributed by atoms with Crippen molar-refractivity contribution in [1.29, 1.82) is 0 Å². The molecule has 0 saturated carbocycles. The average Bonchev–Trinajstić information content (AvgIpc) is 3.02. The molecular formula is C39H64O5. The van der Waals surface area contributed by atoms with Crippen molar-refractivity contribution in [2.75, 3.05) is 13.2 Å². The lowest BCUT2D eigenvalue weighted by molar-refractivity contribution is -0.161. The Bertz CT molecular complexity index is 833. The highest BCUT2D eigenvalue weighted by Crippen LogP contribution is 2.10. The zero-order valence-corrected chi connectivity index (χ0v) is 28.1. The lowest BCUT2D eigenvalue weighted by Gasteiger charge is -2.15. The number of hydrogen-bond donors (Lipinski definition) is 1. The molecule has 0 amide bonds. The zero-order chi connectivity index (χ0) is 32.2. The normalized spacial score (nSPS) is 13.1. The van der Waals surface area contributed by atoms with Crippen molar-refractivity contribution in [3.63, 3.8) is 0 Å². The molecular weight excluding hydrogens is 548 g/mol. The lowest BCUT2D eigenvalue weighted by Crippen LogP contribution is -2.28. The molecule has 5 heteroatoms. The second-order valence-electron chi connectivity index (χ2n) is 11.2. The van der Waals surface area contributed by atoms with E-state index >= 15 is 0 Å². The minimum Gasteiger partial charge on any atom is -0.462 e. The third kappa shape index (κ3) is 32.3. The highest BCUT2D eigenvalue weighted by atomic mass is 16.6. The number of aliphatic hydroxyl groups is 1. The first kappa shape index (κ1) is 41.3. The molecule has 0 fully saturated rings. The van der Waals surface area contributed by atoms with E-state index in [0.29, 0.717) is 12.8 Å². The fraction of sp³-hybridized carbons (Fsp3) is 0.641. The smallest absolute Gasteiger partial charge is 0.306 e. The third-order valence-electron chi connectivity index (χ3n) is 6.98. The second kappa shape index (κ2) is 34.8. The summed E-state index contributed by atoms with van der Waals surface area (Å²) >= 11 is 0. The summed E-state index contributed by atoms with van der Waals surface area (Å²) in [7, 11) is 0. The van der Waals surface area contributed by atoms with Crippen LogP contribution in [0.5, 0.6) is 0 Å². The number of rotatable bonds is 30. The van der Waals surface area contributed by atoms with Crippen LogP contribution in [0, 0.1) is 0 Å². The van der Waals surface area contributed by atoms with Crippen LogP contribution >= 0.6 is 0 Å². The summed E-state index contributed by atoms with van der Waals surface area (Å²) in [6.07, 6.45) is 45.2. The third-order valence-corrected chi connectivity index (χ3v) is 6.98. The minimum atomic E-state index is -0.801. The summed E-state index contributed by atoms with van der Waals surface area (Å²) in [5.41, 5.74) is 0. The van der Waals surface area contributed by atoms with Gasteiger partial charge in [0.1, 0.15) is 6.61 Å². The summed E-state index contributed by atoms with van der Waals surface area (Å²) < 4.78 is 10.5. The van der Waals surface area contributed by atoms with Crippen LogP contribution in [-0.4, -0.2) is 36.4 Å². The molecule has 0 aromatic rings. The van der Waals surface area contributed by atoms with E-state index in [2.05, 4.69) is 86.8 Å². The number of carbonyl (C=O) groups excluding carboxylic acids is 2. The van der Waals surface area contributed by atoms with Gasteiger partial charge in [0.15, 0.2) is 6.10 Å². The van der Waals surface area contributed by atoms with Gasteiger partial charge in [0, 0.05) is 12.8 Å². The Kier molecular flexibility index (Phi) is 32.7. The molecule has 0 aromatic heterocycles. The fourth-order valence-corrected chi connectivity index (χ4v) is 4.34. The molecule has 1 atom stereocenters. The van der Waals surface area contributed by atoms with Crippen LogP contribution < -0.4 is 0 Å². The van der Waals surface area contributed by atoms with E-state index in [1.807, 2.05) is 0 Å². The van der Waals surface area contributed by atoms with E-state index in [1.54, 1.807) is 0 Å². The van der Waals surface area contributed by atoms with Gasteiger partial charge in [-0.05, 0) is 83.5 Å². The molecule has 0 unspecified atom stereocenters. The molecule has 0 bridgehead atoms. The highest BCUT2D eigenvalue weighted by Gasteiger charge is 2.16. The predicted molar refractivity (Wildman–Crippen MR) is 186 cm³/mol. The zero-order valence-electron chi connectivity index (χ0n) is 28.1. The Morgan fingerprint density at radius 3 is 1.52 bits per heavy atom. The van der Waals surface area contributed by atoms with Crippen molar-refractivity contribution in [3.05, 3.63) is 72.9 Å². The molecule has 0 aliphatic carbocycles. The van der Waals surface area contributed by atoms with E-state index in [9.17, 15) is 14.7 Å². The SMILES string of the molecule is CC/C=C/C/C=C/C/C=C/C/C=C/CCCCC(=O)O[C@@H](CO)COC(=O)CCCCCCC/C=C/C/C=C/CCCCC. The molecule has 0 radical (unpaired) electrons. The van der Waals surface area contributed by atoms with Crippen LogP contribution in [0.4, 0.5) is 0 Å². The number of ether oxygens (including phenoxy) is 2. The first-order valence-electron chi connectivity index (χ1n) is 17.5. The molecule has 0 aliphatic rings. The number of carbonyl (C=O) groups is 2. The second-order valence-corrected chi connectivity index (χ2v) is 11.2. The van der Waals surface area contributed by atoms with Gasteiger partial charge in [-0.2, -0.15) is 0 Å². The number of esters is 2. The molecule has 44 heavy (non-hydrogen) atoms. The molecule has 0 rings (SSSR count). The predicted octanol–water partition coefficient (Wildman–Crippen LogP) is 10.6. The summed E-state index contributed by atoms with van der Waals surface area (Å²) in [6, 6.07) is 0. The van der Waals surface area contributed by atoms with Gasteiger partial charge in [0.2, 0.25) is 0 Å². The van der Waals surface area contributed by atoms with Crippen molar-refractivity contribution in [2.45, 2.75) is 148 Å². The van der Waals surface area contributed by atoms with Gasteiger partial charge >= 0.3 is 11.9 Å². The highest BCUT2D eigenvalue weighted by molar-refractivity contribution is 5.70. The largest absolute Gasteiger partial charge is 0.462 e. The lowest BCUT2D eigenvalue weighted by atomic mass is 10.1. The van der Waals surface area contributed by atoms with Gasteiger partial charge in [-0.15, -0.1) is 0 Å². The van der Waals surface area contributed by atoms with Crippen LogP contribution in [0.25, 0.3) is 0 Å². The molecule has 0 saturated heterocycles. The summed E-state index contributed by atoms with van der Waals surface area (Å²) in [4.78, 5) is 24.1. The fourth-order valence-electron chi connectivity index (χ4n) is 4.34. The first-order chi connectivity index (χ1) is 21.6. The standard InChI is InChI=1S/C39H64O5/c1-3-5-7-9-11-13-15-17-19-21-23-25-27-29-31-33-38(41)43-36-37(35-40)44-39(42)34-32-30-28-26-24-22-20-18-16-14-12-10-8-6-4-2/h6,8,11-14,17-20,24,26,37,40H,3-5,7,9-10,15-16,21-23,25,27-36H2,1-2H3/b8-6+,13-11+,14-12+,19-17+,20-18+,26-24+/t37-/m0/s1. The number of allylic oxidation sites excluding steroid dienone is 12. The minimum absolute atomic E-state index is 0.0940. The van der Waals surface area contributed by atoms with E-state index in [1.165, 1.54) is 32.1 Å². The molecule has 1 N–H and O–H groups in total. The first-order valence-corrected chi connectivity index (χ1v) is 17.5. The Morgan fingerprint density at radius 1 is 0.545 bits per heavy atom. The summed E-state index contributed by atoms with van der Waals surface area (Å²) in [5, 5.41) is 9.51. The number of hydrogen-bond acceptors (Lipinski definition) is 5. The van der Waals surface area contributed by atoms with Gasteiger partial charge in [-0.1, -0.05) is 119 Å². The van der Waals surface area contributed by atoms with E-state index < -0.39 is 6.10 Å². The molecule has 0 heterocycles. The van der Waals surface area contributed by atoms with Crippen molar-refractivity contribution < 1.29 is 24.2 Å². The topological polar surface area (TPSA) is 72.8 Å². The molecule has 0 aliphatic heterocycles. The van der Waals surface area contributed by atoms with Gasteiger partial charge in [0.05, 0.1) is 6.61 Å². The molecule has 5 nitrogen and oxygen atoms in total. The van der Waals surface area contributed by atoms with Gasteiger partial charge < -0.3 is 14.6 Å². The average molecular weight is 613 g/mol. The van der Waals surface area contributed by atoms with Crippen LogP contribution in [0.1, 0.15) is 142 Å². The van der Waals surface area contributed by atoms with Crippen molar-refractivity contribution >= 4 is 11.9 Å². The van der Waals surface area contributed by atoms with Gasteiger partial charge in [-0.25, -0.2) is 0 Å². The van der Waals surface area contributed by atoms with Crippen molar-refractivity contribution in [1.82, 2.24) is 0 Å².